The predicted octanol–water partition coefficient (Wildman–Crippen LogP) is 1.17. The maximum Gasteiger partial charge on any atom is 0.374 e. The zero-order chi connectivity index (χ0) is 11.4. The third kappa shape index (κ3) is 0.975. The van der Waals surface area contributed by atoms with E-state index in [1.54, 1.807) is 6.07 Å². The van der Waals surface area contributed by atoms with Gasteiger partial charge in [0.1, 0.15) is 11.4 Å². The molecule has 3 aliphatic rings. The number of aliphatic imine (C=N–C) groups is 1. The number of hydrazone groups is 1. The van der Waals surface area contributed by atoms with E-state index in [4.69, 9.17) is 0 Å². The van der Waals surface area contributed by atoms with Crippen LogP contribution in [-0.2, 0) is 0 Å². The summed E-state index contributed by atoms with van der Waals surface area (Å²) in [6.45, 7) is 0. The molecule has 4 rings (SSSR count). The van der Waals surface area contributed by atoms with Crippen molar-refractivity contribution in [2.24, 2.45) is 25.7 Å². The molecule has 17 heavy (non-hydrogen) atoms. The molecule has 1 aromatic rings. The number of Topliss-reactive ketones (excluding diaryl/α,β-unsaturated/α-hetero) is 1. The normalized spacial score (nSPS) is 23.6. The number of fused-ring (bicyclic) bond motifs is 4. The molecule has 80 valence electrons. The molecule has 2 heterocycles. The highest BCUT2D eigenvalue weighted by atomic mass is 16.1. The first-order valence-corrected chi connectivity index (χ1v) is 5.05. The van der Waals surface area contributed by atoms with Crippen molar-refractivity contribution < 1.29 is 9.60 Å². The molecule has 1 aliphatic carbocycles. The van der Waals surface area contributed by atoms with Gasteiger partial charge in [-0.3, -0.25) is 4.79 Å². The molecule has 0 aromatic heterocycles. The van der Waals surface area contributed by atoms with Gasteiger partial charge in [-0.2, -0.15) is 0 Å². The zero-order valence-electron chi connectivity index (χ0n) is 8.48. The number of hydrogen-bond acceptors (Lipinski definition) is 6. The summed E-state index contributed by atoms with van der Waals surface area (Å²) in [5.74, 6) is -0.110. The molecule has 1 unspecified atom stereocenters. The Morgan fingerprint density at radius 3 is 2.82 bits per heavy atom. The lowest BCUT2D eigenvalue weighted by atomic mass is 10.1. The first kappa shape index (κ1) is 8.57. The van der Waals surface area contributed by atoms with Crippen LogP contribution in [0.15, 0.2) is 49.9 Å². The molecular weight excluding hydrogens is 220 g/mol. The number of rotatable bonds is 0. The smallest absolute Gasteiger partial charge is 0.287 e. The van der Waals surface area contributed by atoms with Crippen molar-refractivity contribution in [3.8, 4) is 0 Å². The molecule has 0 radical (unpaired) electrons. The first-order chi connectivity index (χ1) is 8.34. The van der Waals surface area contributed by atoms with E-state index in [1.165, 1.54) is 4.81 Å². The van der Waals surface area contributed by atoms with Crippen molar-refractivity contribution in [2.75, 3.05) is 0 Å². The third-order valence-electron chi connectivity index (χ3n) is 2.81. The van der Waals surface area contributed by atoms with Gasteiger partial charge in [0, 0.05) is 21.0 Å². The summed E-state index contributed by atoms with van der Waals surface area (Å²) in [4.78, 5) is 17.6. The first-order valence-electron chi connectivity index (χ1n) is 5.05. The van der Waals surface area contributed by atoms with Crippen molar-refractivity contribution in [3.63, 3.8) is 0 Å². The standard InChI is InChI=1S/C10H5N6O/c17-9-6-4-2-1-3-5(6)7-8(9)11-10-12-14-15-16(10)13-7/h1-4,10H/q+1. The van der Waals surface area contributed by atoms with E-state index in [1.807, 2.05) is 18.2 Å². The van der Waals surface area contributed by atoms with Crippen LogP contribution in [0.1, 0.15) is 15.9 Å². The summed E-state index contributed by atoms with van der Waals surface area (Å²) >= 11 is 0. The number of carbonyl (C=O) groups is 1. The Kier molecular flexibility index (Phi) is 1.39. The van der Waals surface area contributed by atoms with Crippen LogP contribution in [0.2, 0.25) is 0 Å². The van der Waals surface area contributed by atoms with Crippen LogP contribution in [0.5, 0.6) is 0 Å². The fraction of sp³-hybridized carbons (Fsp3) is 0.100. The van der Waals surface area contributed by atoms with E-state index in [0.29, 0.717) is 17.0 Å². The van der Waals surface area contributed by atoms with Gasteiger partial charge in [0.15, 0.2) is 5.22 Å². The van der Waals surface area contributed by atoms with Crippen molar-refractivity contribution >= 4 is 17.2 Å². The Bertz CT molecular complexity index is 684. The molecule has 0 fully saturated rings. The van der Waals surface area contributed by atoms with Gasteiger partial charge in [-0.15, -0.1) is 0 Å². The van der Waals surface area contributed by atoms with Gasteiger partial charge in [0.2, 0.25) is 11.0 Å². The topological polar surface area (TPSA) is 81.9 Å². The Hall–Kier alpha value is -2.57. The van der Waals surface area contributed by atoms with E-state index in [-0.39, 0.29) is 5.78 Å². The number of benzene rings is 1. The van der Waals surface area contributed by atoms with Crippen LogP contribution in [0.4, 0.5) is 0 Å². The van der Waals surface area contributed by atoms with E-state index < -0.39 is 6.29 Å². The molecular formula is C10H5N6O+. The monoisotopic (exact) mass is 225 g/mol. The van der Waals surface area contributed by atoms with Gasteiger partial charge in [-0.1, -0.05) is 29.4 Å². The SMILES string of the molecule is O=C1C2=NC3N=NN=[N+]3N=C2c2ccccc21. The number of carbonyl (C=O) groups excluding carboxylic acids is 1. The second-order valence-electron chi connectivity index (χ2n) is 3.76. The second kappa shape index (κ2) is 2.76. The van der Waals surface area contributed by atoms with Gasteiger partial charge in [0.25, 0.3) is 0 Å². The summed E-state index contributed by atoms with van der Waals surface area (Å²) in [7, 11) is 0. The van der Waals surface area contributed by atoms with Crippen molar-refractivity contribution in [1.29, 1.82) is 0 Å². The molecule has 0 saturated heterocycles. The van der Waals surface area contributed by atoms with Gasteiger partial charge < -0.3 is 0 Å². The largest absolute Gasteiger partial charge is 0.374 e. The highest BCUT2D eigenvalue weighted by Gasteiger charge is 2.41. The summed E-state index contributed by atoms with van der Waals surface area (Å²) in [5, 5.41) is 15.2. The van der Waals surface area contributed by atoms with E-state index >= 15 is 0 Å². The molecule has 0 N–H and O–H groups in total. The molecule has 0 saturated carbocycles. The zero-order valence-corrected chi connectivity index (χ0v) is 8.48. The summed E-state index contributed by atoms with van der Waals surface area (Å²) < 4.78 is 0. The van der Waals surface area contributed by atoms with Gasteiger partial charge >= 0.3 is 6.29 Å². The number of hydrogen-bond donors (Lipinski definition) is 0. The molecule has 1 atom stereocenters. The summed E-state index contributed by atoms with van der Waals surface area (Å²) in [6, 6.07) is 7.30. The van der Waals surface area contributed by atoms with Gasteiger partial charge in [-0.25, -0.2) is 4.99 Å². The fourth-order valence-corrected chi connectivity index (χ4v) is 2.04. The minimum absolute atomic E-state index is 0.110. The molecule has 0 bridgehead atoms. The highest BCUT2D eigenvalue weighted by molar-refractivity contribution is 6.78. The Morgan fingerprint density at radius 2 is 1.94 bits per heavy atom. The lowest BCUT2D eigenvalue weighted by Gasteiger charge is -2.05. The summed E-state index contributed by atoms with van der Waals surface area (Å²) in [6.07, 6.45) is -0.619. The minimum Gasteiger partial charge on any atom is -0.287 e. The van der Waals surface area contributed by atoms with Crippen LogP contribution in [-0.4, -0.2) is 28.3 Å². The Balaban J connectivity index is 2.00. The molecule has 2 aliphatic heterocycles. The lowest BCUT2D eigenvalue weighted by molar-refractivity contribution is -0.623. The lowest BCUT2D eigenvalue weighted by Crippen LogP contribution is -2.28. The van der Waals surface area contributed by atoms with E-state index in [0.717, 1.165) is 5.56 Å². The summed E-state index contributed by atoms with van der Waals surface area (Å²) in [5.41, 5.74) is 2.32. The average molecular weight is 225 g/mol. The molecule has 7 heteroatoms. The van der Waals surface area contributed by atoms with Crippen molar-refractivity contribution in [2.45, 2.75) is 6.29 Å². The predicted molar refractivity (Wildman–Crippen MR) is 56.1 cm³/mol. The van der Waals surface area contributed by atoms with Crippen molar-refractivity contribution in [1.82, 2.24) is 0 Å². The van der Waals surface area contributed by atoms with Gasteiger partial charge in [0.05, 0.1) is 0 Å². The van der Waals surface area contributed by atoms with Crippen LogP contribution < -0.4 is 0 Å². The maximum atomic E-state index is 12.1. The van der Waals surface area contributed by atoms with Crippen LogP contribution in [0.3, 0.4) is 0 Å². The van der Waals surface area contributed by atoms with Crippen LogP contribution >= 0.6 is 0 Å². The van der Waals surface area contributed by atoms with Crippen LogP contribution in [0.25, 0.3) is 0 Å². The van der Waals surface area contributed by atoms with E-state index in [2.05, 4.69) is 25.7 Å². The van der Waals surface area contributed by atoms with Crippen molar-refractivity contribution in [3.05, 3.63) is 35.4 Å². The van der Waals surface area contributed by atoms with Gasteiger partial charge in [-0.05, 0) is 0 Å². The second-order valence-corrected chi connectivity index (χ2v) is 3.76. The Labute approximate surface area is 94.9 Å². The minimum atomic E-state index is -0.619. The molecule has 1 aromatic carbocycles. The third-order valence-corrected chi connectivity index (χ3v) is 2.81. The Morgan fingerprint density at radius 1 is 1.12 bits per heavy atom. The number of nitrogens with zero attached hydrogens (tertiary/aromatic N) is 6. The average Bonchev–Trinajstić information content (AvgIpc) is 2.92. The molecule has 7 nitrogen and oxygen atoms in total. The van der Waals surface area contributed by atoms with E-state index in [9.17, 15) is 4.79 Å². The quantitative estimate of drug-likeness (QED) is 0.610. The fourth-order valence-electron chi connectivity index (χ4n) is 2.04. The maximum absolute atomic E-state index is 12.1. The number of ketones is 1. The highest BCUT2D eigenvalue weighted by Crippen LogP contribution is 2.25. The molecule has 0 amide bonds. The van der Waals surface area contributed by atoms with Crippen LogP contribution in [0, 0.1) is 0 Å². The molecule has 0 spiro atoms.